The molecule has 0 unspecified atom stereocenters. The molecule has 0 radical (unpaired) electrons. The molecule has 3 heteroatoms. The van der Waals surface area contributed by atoms with Gasteiger partial charge in [0.05, 0.1) is 27.8 Å². The second-order valence-electron chi connectivity index (χ2n) is 18.8. The van der Waals surface area contributed by atoms with E-state index in [1.54, 1.807) is 0 Å². The van der Waals surface area contributed by atoms with Gasteiger partial charge >= 0.3 is 0 Å². The molecule has 0 saturated carbocycles. The Hall–Kier alpha value is -9.18. The zero-order valence-electron chi connectivity index (χ0n) is 38.1. The minimum Gasteiger partial charge on any atom is -0.456 e. The highest BCUT2D eigenvalue weighted by Gasteiger charge is 2.25. The van der Waals surface area contributed by atoms with Crippen LogP contribution in [0.1, 0.15) is 11.1 Å². The molecule has 0 atom stereocenters. The summed E-state index contributed by atoms with van der Waals surface area (Å²) in [6, 6.07) is 88.9. The third-order valence-electron chi connectivity index (χ3n) is 15.0. The van der Waals surface area contributed by atoms with Crippen molar-refractivity contribution in [2.24, 2.45) is 0 Å². The van der Waals surface area contributed by atoms with E-state index in [2.05, 4.69) is 252 Å². The fourth-order valence-electron chi connectivity index (χ4n) is 11.6. The largest absolute Gasteiger partial charge is 0.456 e. The van der Waals surface area contributed by atoms with Crippen LogP contribution in [0.3, 0.4) is 0 Å². The van der Waals surface area contributed by atoms with Crippen molar-refractivity contribution < 1.29 is 4.42 Å². The number of hydrogen-bond acceptors (Lipinski definition) is 1. The summed E-state index contributed by atoms with van der Waals surface area (Å²) in [6.45, 7) is 0. The Balaban J connectivity index is 0.777. The van der Waals surface area contributed by atoms with Crippen LogP contribution in [-0.4, -0.2) is 9.13 Å². The summed E-state index contributed by atoms with van der Waals surface area (Å²) in [4.78, 5) is 0. The number of aromatic nitrogens is 2. The molecule has 0 saturated heterocycles. The summed E-state index contributed by atoms with van der Waals surface area (Å²) in [5.74, 6) is 0. The Morgan fingerprint density at radius 3 is 1.43 bits per heavy atom. The van der Waals surface area contributed by atoms with E-state index in [1.807, 2.05) is 0 Å². The summed E-state index contributed by atoms with van der Waals surface area (Å²) >= 11 is 0. The molecule has 0 amide bonds. The van der Waals surface area contributed by atoms with Crippen LogP contribution in [0.25, 0.3) is 133 Å². The molecular weight excluding hydrogens is 849 g/mol. The molecule has 0 fully saturated rings. The minimum absolute atomic E-state index is 0.892. The Kier molecular flexibility index (Phi) is 8.42. The lowest BCUT2D eigenvalue weighted by Crippen LogP contribution is -1.99. The van der Waals surface area contributed by atoms with Crippen LogP contribution in [0.5, 0.6) is 0 Å². The summed E-state index contributed by atoms with van der Waals surface area (Å²) in [5, 5.41) is 7.27. The van der Waals surface area contributed by atoms with Crippen molar-refractivity contribution in [3.05, 3.63) is 254 Å². The van der Waals surface area contributed by atoms with Gasteiger partial charge in [-0.15, -0.1) is 0 Å². The fraction of sp³-hybridized carbons (Fsp3) is 0.0149. The van der Waals surface area contributed by atoms with E-state index in [-0.39, 0.29) is 0 Å². The topological polar surface area (TPSA) is 23.0 Å². The van der Waals surface area contributed by atoms with Crippen LogP contribution in [0.15, 0.2) is 247 Å². The maximum absolute atomic E-state index is 6.47. The molecule has 0 aliphatic heterocycles. The second kappa shape index (κ2) is 15.2. The molecule has 11 aromatic carbocycles. The third-order valence-corrected chi connectivity index (χ3v) is 15.0. The Bertz CT molecular complexity index is 4430. The maximum atomic E-state index is 6.47. The van der Waals surface area contributed by atoms with Crippen LogP contribution in [-0.2, 0) is 6.42 Å². The Morgan fingerprint density at radius 1 is 0.286 bits per heavy atom. The highest BCUT2D eigenvalue weighted by atomic mass is 16.3. The number of hydrogen-bond donors (Lipinski definition) is 0. The summed E-state index contributed by atoms with van der Waals surface area (Å²) in [6.07, 6.45) is 0.894. The normalized spacial score (nSPS) is 12.2. The van der Waals surface area contributed by atoms with E-state index in [9.17, 15) is 0 Å². The molecular formula is C67H42N2O. The van der Waals surface area contributed by atoms with Gasteiger partial charge in [0.1, 0.15) is 11.2 Å². The lowest BCUT2D eigenvalue weighted by atomic mass is 9.95. The second-order valence-corrected chi connectivity index (χ2v) is 18.8. The van der Waals surface area contributed by atoms with Crippen LogP contribution in [0.2, 0.25) is 0 Å². The van der Waals surface area contributed by atoms with E-state index >= 15 is 0 Å². The van der Waals surface area contributed by atoms with E-state index < -0.39 is 0 Å². The van der Waals surface area contributed by atoms with Gasteiger partial charge in [-0.05, 0) is 158 Å². The Labute approximate surface area is 404 Å². The van der Waals surface area contributed by atoms with Gasteiger partial charge in [-0.25, -0.2) is 0 Å². The molecule has 14 aromatic rings. The molecule has 0 bridgehead atoms. The molecule has 70 heavy (non-hydrogen) atoms. The number of furan rings is 1. The molecule has 3 nitrogen and oxygen atoms in total. The maximum Gasteiger partial charge on any atom is 0.135 e. The fourth-order valence-corrected chi connectivity index (χ4v) is 11.6. The van der Waals surface area contributed by atoms with Crippen molar-refractivity contribution in [3.8, 4) is 67.0 Å². The molecule has 1 aliphatic carbocycles. The highest BCUT2D eigenvalue weighted by Crippen LogP contribution is 2.45. The predicted octanol–water partition coefficient (Wildman–Crippen LogP) is 18.0. The van der Waals surface area contributed by atoms with Gasteiger partial charge in [0, 0.05) is 44.4 Å². The zero-order chi connectivity index (χ0) is 45.9. The first-order chi connectivity index (χ1) is 34.7. The predicted molar refractivity (Wildman–Crippen MR) is 292 cm³/mol. The van der Waals surface area contributed by atoms with E-state index in [0.717, 1.165) is 39.6 Å². The number of rotatable bonds is 6. The zero-order valence-corrected chi connectivity index (χ0v) is 38.1. The molecule has 3 heterocycles. The number of fused-ring (bicyclic) bond motifs is 12. The number of para-hydroxylation sites is 3. The van der Waals surface area contributed by atoms with Crippen molar-refractivity contribution >= 4 is 65.6 Å². The molecule has 0 spiro atoms. The molecule has 326 valence electrons. The first kappa shape index (κ1) is 38.9. The number of benzene rings is 11. The van der Waals surface area contributed by atoms with Gasteiger partial charge in [0.15, 0.2) is 0 Å². The van der Waals surface area contributed by atoms with Crippen molar-refractivity contribution in [2.75, 3.05) is 0 Å². The van der Waals surface area contributed by atoms with Crippen molar-refractivity contribution in [1.29, 1.82) is 0 Å². The summed E-state index contributed by atoms with van der Waals surface area (Å²) in [7, 11) is 0. The summed E-state index contributed by atoms with van der Waals surface area (Å²) < 4.78 is 11.3. The van der Waals surface area contributed by atoms with Crippen LogP contribution in [0.4, 0.5) is 0 Å². The first-order valence-corrected chi connectivity index (χ1v) is 24.2. The minimum atomic E-state index is 0.892. The number of nitrogens with zero attached hydrogens (tertiary/aromatic N) is 2. The average Bonchev–Trinajstić information content (AvgIpc) is 4.18. The Morgan fingerprint density at radius 2 is 0.757 bits per heavy atom. The lowest BCUT2D eigenvalue weighted by molar-refractivity contribution is 0.669. The average molecular weight is 891 g/mol. The molecule has 3 aromatic heterocycles. The lowest BCUT2D eigenvalue weighted by Gasteiger charge is -2.13. The third kappa shape index (κ3) is 5.95. The molecule has 1 aliphatic rings. The van der Waals surface area contributed by atoms with Gasteiger partial charge in [0.25, 0.3) is 0 Å². The van der Waals surface area contributed by atoms with Crippen molar-refractivity contribution in [1.82, 2.24) is 9.13 Å². The van der Waals surface area contributed by atoms with E-state index in [4.69, 9.17) is 4.42 Å². The SMILES string of the molecule is c1ccc(-c2ccc3c(c2)c2ccccc2n3-c2cccc3c2Cc2ccc(-c4cccc(-c5ccc6oc7ccc(-c8ccc9c(c8)c8ccccc8n9-c8ccccc8)cc7c6c5)c4)cc2-3)cc1. The quantitative estimate of drug-likeness (QED) is 0.163. The van der Waals surface area contributed by atoms with E-state index in [0.29, 0.717) is 0 Å². The molecule has 15 rings (SSSR count). The summed E-state index contributed by atoms with van der Waals surface area (Å²) in [5.41, 5.74) is 24.0. The van der Waals surface area contributed by atoms with Gasteiger partial charge in [-0.2, -0.15) is 0 Å². The van der Waals surface area contributed by atoms with Gasteiger partial charge in [-0.1, -0.05) is 152 Å². The molecule has 0 N–H and O–H groups in total. The van der Waals surface area contributed by atoms with Gasteiger partial charge in [-0.3, -0.25) is 0 Å². The smallest absolute Gasteiger partial charge is 0.135 e. The van der Waals surface area contributed by atoms with E-state index in [1.165, 1.54) is 110 Å². The van der Waals surface area contributed by atoms with Crippen molar-refractivity contribution in [2.45, 2.75) is 6.42 Å². The van der Waals surface area contributed by atoms with Crippen LogP contribution >= 0.6 is 0 Å². The monoisotopic (exact) mass is 890 g/mol. The van der Waals surface area contributed by atoms with Crippen LogP contribution in [0, 0.1) is 0 Å². The van der Waals surface area contributed by atoms with Gasteiger partial charge < -0.3 is 13.6 Å². The first-order valence-electron chi connectivity index (χ1n) is 24.2. The van der Waals surface area contributed by atoms with Gasteiger partial charge in [0.2, 0.25) is 0 Å². The van der Waals surface area contributed by atoms with Crippen LogP contribution < -0.4 is 0 Å². The standard InChI is InChI=1S/C67H42N2O/c1-3-13-42(14-4-1)45-27-32-65-58(37-45)54-20-8-10-23-62(54)69(65)63-24-12-21-52-55-36-46(25-26-50(55)41-56(52)63)43-15-11-16-44(35-43)48-29-33-66-59(39-48)60-40-49(30-34-67(60)70-66)47-28-31-64-57(38-47)53-19-7-9-22-61(53)68(64)51-17-5-2-6-18-51/h1-40H,41H2. The van der Waals surface area contributed by atoms with Crippen molar-refractivity contribution in [3.63, 3.8) is 0 Å². The highest BCUT2D eigenvalue weighted by molar-refractivity contribution is 6.13.